The number of nitrogens with zero attached hydrogens (tertiary/aromatic N) is 4. The van der Waals surface area contributed by atoms with Crippen molar-refractivity contribution in [3.8, 4) is 0 Å². The van der Waals surface area contributed by atoms with Gasteiger partial charge >= 0.3 is 0 Å². The maximum Gasteiger partial charge on any atom is 0.138 e. The summed E-state index contributed by atoms with van der Waals surface area (Å²) in [5, 5.41) is 19.6. The lowest BCUT2D eigenvalue weighted by Gasteiger charge is -2.05. The molecule has 11 heavy (non-hydrogen) atoms. The van der Waals surface area contributed by atoms with Crippen LogP contribution in [0.2, 0.25) is 0 Å². The summed E-state index contributed by atoms with van der Waals surface area (Å²) in [6, 6.07) is 0. The van der Waals surface area contributed by atoms with Gasteiger partial charge in [-0.15, -0.1) is 5.10 Å². The number of hydrogen-bond acceptors (Lipinski definition) is 5. The van der Waals surface area contributed by atoms with Crippen molar-refractivity contribution in [2.75, 3.05) is 6.54 Å². The first-order valence-corrected chi connectivity index (χ1v) is 3.42. The van der Waals surface area contributed by atoms with Crippen molar-refractivity contribution in [1.82, 2.24) is 20.2 Å². The van der Waals surface area contributed by atoms with E-state index in [1.807, 2.05) is 0 Å². The largest absolute Gasteiger partial charge is 0.392 e. The summed E-state index contributed by atoms with van der Waals surface area (Å²) in [4.78, 5) is 0. The van der Waals surface area contributed by atoms with Gasteiger partial charge in [0.05, 0.1) is 6.10 Å². The van der Waals surface area contributed by atoms with Crippen LogP contribution in [0.4, 0.5) is 0 Å². The average molecular weight is 157 g/mol. The molecule has 6 nitrogen and oxygen atoms in total. The summed E-state index contributed by atoms with van der Waals surface area (Å²) in [7, 11) is 0. The number of aryl methyl sites for hydroxylation is 1. The maximum atomic E-state index is 9.05. The molecular formula is C5H11N5O. The van der Waals surface area contributed by atoms with Crippen molar-refractivity contribution < 1.29 is 5.11 Å². The third kappa shape index (κ3) is 2.60. The highest BCUT2D eigenvalue weighted by Gasteiger charge is 2.00. The third-order valence-electron chi connectivity index (χ3n) is 1.35. The van der Waals surface area contributed by atoms with Crippen molar-refractivity contribution in [2.24, 2.45) is 5.73 Å². The molecule has 62 valence electrons. The predicted octanol–water partition coefficient (Wildman–Crippen LogP) is -1.62. The number of hydrogen-bond donors (Lipinski definition) is 2. The Morgan fingerprint density at radius 3 is 3.00 bits per heavy atom. The highest BCUT2D eigenvalue weighted by atomic mass is 16.3. The lowest BCUT2D eigenvalue weighted by molar-refractivity contribution is 0.164. The van der Waals surface area contributed by atoms with Crippen LogP contribution in [-0.2, 0) is 6.54 Å². The number of aromatic nitrogens is 4. The first-order chi connectivity index (χ1) is 5.33. The second-order valence-corrected chi connectivity index (χ2v) is 2.25. The van der Waals surface area contributed by atoms with Crippen molar-refractivity contribution >= 4 is 0 Å². The molecule has 0 aliphatic carbocycles. The Kier molecular flexibility index (Phi) is 2.94. The van der Waals surface area contributed by atoms with Gasteiger partial charge in [-0.1, -0.05) is 0 Å². The van der Waals surface area contributed by atoms with Gasteiger partial charge in [0.1, 0.15) is 6.33 Å². The Morgan fingerprint density at radius 2 is 2.45 bits per heavy atom. The van der Waals surface area contributed by atoms with E-state index >= 15 is 0 Å². The Bertz CT molecular complexity index is 187. The van der Waals surface area contributed by atoms with Crippen LogP contribution in [0.5, 0.6) is 0 Å². The molecule has 0 radical (unpaired) electrons. The van der Waals surface area contributed by atoms with Gasteiger partial charge in [-0.05, 0) is 16.8 Å². The SMILES string of the molecule is NC[C@@H](O)CCn1cnnn1. The summed E-state index contributed by atoms with van der Waals surface area (Å²) in [6.07, 6.45) is 1.63. The van der Waals surface area contributed by atoms with Crippen LogP contribution >= 0.6 is 0 Å². The fourth-order valence-corrected chi connectivity index (χ4v) is 0.682. The van der Waals surface area contributed by atoms with Gasteiger partial charge < -0.3 is 10.8 Å². The van der Waals surface area contributed by atoms with E-state index in [1.165, 1.54) is 6.33 Å². The Hall–Kier alpha value is -1.01. The normalized spacial score (nSPS) is 13.3. The van der Waals surface area contributed by atoms with E-state index in [0.717, 1.165) is 0 Å². The molecule has 0 spiro atoms. The molecule has 0 fully saturated rings. The first-order valence-electron chi connectivity index (χ1n) is 3.42. The smallest absolute Gasteiger partial charge is 0.138 e. The van der Waals surface area contributed by atoms with Crippen LogP contribution in [0.1, 0.15) is 6.42 Å². The fraction of sp³-hybridized carbons (Fsp3) is 0.800. The summed E-state index contributed by atoms with van der Waals surface area (Å²) in [5.74, 6) is 0. The minimum absolute atomic E-state index is 0.280. The Balaban J connectivity index is 2.23. The van der Waals surface area contributed by atoms with Crippen molar-refractivity contribution in [3.63, 3.8) is 0 Å². The fourth-order valence-electron chi connectivity index (χ4n) is 0.682. The van der Waals surface area contributed by atoms with Gasteiger partial charge in [-0.25, -0.2) is 4.68 Å². The minimum Gasteiger partial charge on any atom is -0.392 e. The van der Waals surface area contributed by atoms with E-state index in [9.17, 15) is 0 Å². The van der Waals surface area contributed by atoms with Crippen molar-refractivity contribution in [2.45, 2.75) is 19.1 Å². The zero-order valence-electron chi connectivity index (χ0n) is 6.09. The lowest BCUT2D eigenvalue weighted by Crippen LogP contribution is -2.21. The molecule has 1 aromatic heterocycles. The van der Waals surface area contributed by atoms with Crippen molar-refractivity contribution in [1.29, 1.82) is 0 Å². The zero-order valence-corrected chi connectivity index (χ0v) is 6.09. The van der Waals surface area contributed by atoms with Gasteiger partial charge in [-0.2, -0.15) is 0 Å². The zero-order chi connectivity index (χ0) is 8.10. The second-order valence-electron chi connectivity index (χ2n) is 2.25. The van der Waals surface area contributed by atoms with E-state index in [2.05, 4.69) is 15.5 Å². The van der Waals surface area contributed by atoms with Crippen LogP contribution in [0, 0.1) is 0 Å². The topological polar surface area (TPSA) is 89.8 Å². The molecule has 1 aromatic rings. The summed E-state index contributed by atoms with van der Waals surface area (Å²) in [6.45, 7) is 0.882. The van der Waals surface area contributed by atoms with E-state index in [-0.39, 0.29) is 6.54 Å². The minimum atomic E-state index is -0.459. The molecule has 0 saturated carbocycles. The summed E-state index contributed by atoms with van der Waals surface area (Å²) >= 11 is 0. The summed E-state index contributed by atoms with van der Waals surface area (Å²) < 4.78 is 1.55. The number of tetrazole rings is 1. The molecule has 0 amide bonds. The van der Waals surface area contributed by atoms with Crippen LogP contribution < -0.4 is 5.73 Å². The molecule has 1 heterocycles. The lowest BCUT2D eigenvalue weighted by atomic mass is 10.2. The van der Waals surface area contributed by atoms with E-state index in [4.69, 9.17) is 10.8 Å². The molecule has 0 bridgehead atoms. The highest BCUT2D eigenvalue weighted by Crippen LogP contribution is 1.91. The molecule has 0 aliphatic heterocycles. The monoisotopic (exact) mass is 157 g/mol. The molecule has 1 rings (SSSR count). The standard InChI is InChI=1S/C5H11N5O/c6-3-5(11)1-2-10-4-7-8-9-10/h4-5,11H,1-3,6H2/t5-/m0/s1. The van der Waals surface area contributed by atoms with Crippen LogP contribution in [0.25, 0.3) is 0 Å². The van der Waals surface area contributed by atoms with Crippen LogP contribution in [-0.4, -0.2) is 38.0 Å². The summed E-state index contributed by atoms with van der Waals surface area (Å²) in [5.41, 5.74) is 5.20. The van der Waals surface area contributed by atoms with Gasteiger partial charge in [0.25, 0.3) is 0 Å². The van der Waals surface area contributed by atoms with E-state index < -0.39 is 6.10 Å². The molecule has 6 heteroatoms. The van der Waals surface area contributed by atoms with Gasteiger partial charge in [0.15, 0.2) is 0 Å². The molecule has 0 aliphatic rings. The molecule has 3 N–H and O–H groups in total. The molecule has 0 saturated heterocycles. The maximum absolute atomic E-state index is 9.05. The number of nitrogens with two attached hydrogens (primary N) is 1. The van der Waals surface area contributed by atoms with Crippen LogP contribution in [0.3, 0.4) is 0 Å². The van der Waals surface area contributed by atoms with Gasteiger partial charge in [0, 0.05) is 13.1 Å². The van der Waals surface area contributed by atoms with Crippen LogP contribution in [0.15, 0.2) is 6.33 Å². The quantitative estimate of drug-likeness (QED) is 0.548. The number of rotatable bonds is 4. The molecule has 1 atom stereocenters. The predicted molar refractivity (Wildman–Crippen MR) is 37.5 cm³/mol. The van der Waals surface area contributed by atoms with Crippen molar-refractivity contribution in [3.05, 3.63) is 6.33 Å². The van der Waals surface area contributed by atoms with E-state index in [1.54, 1.807) is 4.68 Å². The third-order valence-corrected chi connectivity index (χ3v) is 1.35. The second kappa shape index (κ2) is 3.99. The van der Waals surface area contributed by atoms with Gasteiger partial charge in [-0.3, -0.25) is 0 Å². The number of aliphatic hydroxyl groups excluding tert-OH is 1. The number of aliphatic hydroxyl groups is 1. The van der Waals surface area contributed by atoms with Gasteiger partial charge in [0.2, 0.25) is 0 Å². The Labute approximate surface area is 64.0 Å². The van der Waals surface area contributed by atoms with E-state index in [0.29, 0.717) is 13.0 Å². The molecule has 0 unspecified atom stereocenters. The molecular weight excluding hydrogens is 146 g/mol. The highest BCUT2D eigenvalue weighted by molar-refractivity contribution is 4.56. The first kappa shape index (κ1) is 8.09. The average Bonchev–Trinajstić information content (AvgIpc) is 2.52. The Morgan fingerprint density at radius 1 is 1.64 bits per heavy atom. The molecule has 0 aromatic carbocycles.